The summed E-state index contributed by atoms with van der Waals surface area (Å²) in [6.07, 6.45) is 4.89. The predicted molar refractivity (Wildman–Crippen MR) is 82.9 cm³/mol. The van der Waals surface area contributed by atoms with Gasteiger partial charge in [-0.3, -0.25) is 0 Å². The highest BCUT2D eigenvalue weighted by molar-refractivity contribution is 7.13. The monoisotopic (exact) mass is 279 g/mol. The molecule has 3 nitrogen and oxygen atoms in total. The normalized spacial score (nSPS) is 10.7. The van der Waals surface area contributed by atoms with Gasteiger partial charge in [0, 0.05) is 11.5 Å². The predicted octanol–water partition coefficient (Wildman–Crippen LogP) is 4.75. The summed E-state index contributed by atoms with van der Waals surface area (Å²) in [6.45, 7) is 15.2. The molecule has 1 rings (SSSR count). The molecule has 0 aromatic carbocycles. The first kappa shape index (κ1) is 17.3. The fourth-order valence-electron chi connectivity index (χ4n) is 1.29. The second-order valence-electron chi connectivity index (χ2n) is 3.75. The Labute approximate surface area is 119 Å². The van der Waals surface area contributed by atoms with Crippen molar-refractivity contribution < 1.29 is 9.90 Å². The molecular weight excluding hydrogens is 258 g/mol. The van der Waals surface area contributed by atoms with Crippen molar-refractivity contribution in [1.29, 1.82) is 0 Å². The average Bonchev–Trinajstić information content (AvgIpc) is 2.83. The van der Waals surface area contributed by atoms with Gasteiger partial charge in [-0.05, 0) is 0 Å². The summed E-state index contributed by atoms with van der Waals surface area (Å²) in [5, 5.41) is 9.97. The smallest absolute Gasteiger partial charge is 0.348 e. The van der Waals surface area contributed by atoms with Crippen LogP contribution in [0, 0.1) is 0 Å². The first-order valence-corrected chi connectivity index (χ1v) is 7.02. The third-order valence-corrected chi connectivity index (χ3v) is 3.47. The van der Waals surface area contributed by atoms with E-state index in [1.54, 1.807) is 18.2 Å². The summed E-state index contributed by atoms with van der Waals surface area (Å²) in [5.74, 6) is -0.747. The van der Waals surface area contributed by atoms with Gasteiger partial charge in [0.25, 0.3) is 0 Å². The Morgan fingerprint density at radius 2 is 1.95 bits per heavy atom. The summed E-state index contributed by atoms with van der Waals surface area (Å²) < 4.78 is 0. The molecule has 4 heteroatoms. The number of carbonyl (C=O) groups is 1. The minimum absolute atomic E-state index is 0.210. The van der Waals surface area contributed by atoms with E-state index in [9.17, 15) is 4.79 Å². The number of nitrogens with zero attached hydrogens (tertiary/aromatic N) is 1. The summed E-state index contributed by atoms with van der Waals surface area (Å²) in [5.41, 5.74) is 1.15. The maximum atomic E-state index is 11.2. The van der Waals surface area contributed by atoms with Crippen molar-refractivity contribution in [3.63, 3.8) is 0 Å². The topological polar surface area (TPSA) is 50.2 Å². The number of carboxylic acid groups (broad SMARTS) is 1. The van der Waals surface area contributed by atoms with Crippen molar-refractivity contribution >= 4 is 22.9 Å². The molecule has 1 N–H and O–H groups in total. The molecule has 1 heterocycles. The standard InChI is InChI=1S/C13H15NO2S.C2H6/c1-5-7-9(6-2)10-11(13(15)16)17-12(14-10)8(3)4;1-2/h5-8H,1-2H2,3-4H3,(H,15,16);1-2H3/b9-7+;. The van der Waals surface area contributed by atoms with Gasteiger partial charge >= 0.3 is 5.97 Å². The molecule has 0 amide bonds. The molecule has 0 saturated heterocycles. The summed E-state index contributed by atoms with van der Waals surface area (Å²) >= 11 is 1.21. The number of hydrogen-bond acceptors (Lipinski definition) is 3. The molecule has 104 valence electrons. The van der Waals surface area contributed by atoms with Gasteiger partial charge in [0.15, 0.2) is 0 Å². The van der Waals surface area contributed by atoms with Crippen LogP contribution in [0.15, 0.2) is 31.4 Å². The van der Waals surface area contributed by atoms with Gasteiger partial charge in [-0.15, -0.1) is 11.3 Å². The molecule has 0 aliphatic heterocycles. The van der Waals surface area contributed by atoms with Crippen LogP contribution < -0.4 is 0 Å². The molecule has 0 atom stereocenters. The van der Waals surface area contributed by atoms with Crippen molar-refractivity contribution in [1.82, 2.24) is 4.98 Å². The highest BCUT2D eigenvalue weighted by Crippen LogP contribution is 2.29. The summed E-state index contributed by atoms with van der Waals surface area (Å²) in [6, 6.07) is 0. The zero-order chi connectivity index (χ0) is 15.0. The zero-order valence-electron chi connectivity index (χ0n) is 11.9. The van der Waals surface area contributed by atoms with Gasteiger partial charge < -0.3 is 5.11 Å². The molecule has 1 aromatic heterocycles. The van der Waals surface area contributed by atoms with Gasteiger partial charge in [-0.2, -0.15) is 0 Å². The van der Waals surface area contributed by atoms with Crippen molar-refractivity contribution in [3.05, 3.63) is 47.0 Å². The van der Waals surface area contributed by atoms with E-state index in [0.717, 1.165) is 5.01 Å². The molecule has 0 aliphatic rings. The minimum atomic E-state index is -0.957. The van der Waals surface area contributed by atoms with E-state index in [-0.39, 0.29) is 10.8 Å². The molecule has 0 unspecified atom stereocenters. The Bertz CT molecular complexity index is 484. The van der Waals surface area contributed by atoms with Crippen LogP contribution in [0.1, 0.15) is 54.0 Å². The lowest BCUT2D eigenvalue weighted by Crippen LogP contribution is -1.97. The second kappa shape index (κ2) is 8.43. The third-order valence-electron chi connectivity index (χ3n) is 2.12. The maximum absolute atomic E-state index is 11.2. The van der Waals surface area contributed by atoms with Crippen LogP contribution in [0.4, 0.5) is 0 Å². The number of aromatic carboxylic acids is 1. The van der Waals surface area contributed by atoms with Crippen molar-refractivity contribution in [2.75, 3.05) is 0 Å². The van der Waals surface area contributed by atoms with Crippen LogP contribution in [0.2, 0.25) is 0 Å². The molecule has 0 spiro atoms. The summed E-state index contributed by atoms with van der Waals surface area (Å²) in [4.78, 5) is 15.8. The van der Waals surface area contributed by atoms with E-state index >= 15 is 0 Å². The Kier molecular flexibility index (Phi) is 7.68. The molecule has 0 saturated carbocycles. The quantitative estimate of drug-likeness (QED) is 0.791. The maximum Gasteiger partial charge on any atom is 0.348 e. The van der Waals surface area contributed by atoms with Crippen LogP contribution in [-0.4, -0.2) is 16.1 Å². The van der Waals surface area contributed by atoms with E-state index in [2.05, 4.69) is 18.1 Å². The molecule has 0 radical (unpaired) electrons. The van der Waals surface area contributed by atoms with E-state index in [4.69, 9.17) is 5.11 Å². The van der Waals surface area contributed by atoms with Crippen LogP contribution in [0.25, 0.3) is 5.57 Å². The largest absolute Gasteiger partial charge is 0.477 e. The van der Waals surface area contributed by atoms with E-state index in [1.165, 1.54) is 11.3 Å². The molecule has 1 aromatic rings. The average molecular weight is 279 g/mol. The number of thiazole rings is 1. The van der Waals surface area contributed by atoms with Crippen molar-refractivity contribution in [2.45, 2.75) is 33.6 Å². The fraction of sp³-hybridized carbons (Fsp3) is 0.333. The van der Waals surface area contributed by atoms with E-state index in [1.807, 2.05) is 27.7 Å². The van der Waals surface area contributed by atoms with Gasteiger partial charge in [-0.25, -0.2) is 9.78 Å². The Morgan fingerprint density at radius 3 is 2.32 bits per heavy atom. The van der Waals surface area contributed by atoms with Gasteiger partial charge in [0.1, 0.15) is 4.88 Å². The van der Waals surface area contributed by atoms with E-state index < -0.39 is 5.97 Å². The van der Waals surface area contributed by atoms with Crippen LogP contribution in [0.5, 0.6) is 0 Å². The minimum Gasteiger partial charge on any atom is -0.477 e. The highest BCUT2D eigenvalue weighted by Gasteiger charge is 2.20. The Hall–Kier alpha value is -1.68. The SMILES string of the molecule is C=C/C=C(\C=C)c1nc(C(C)C)sc1C(=O)O.CC. The van der Waals surface area contributed by atoms with Gasteiger partial charge in [0.2, 0.25) is 0 Å². The van der Waals surface area contributed by atoms with E-state index in [0.29, 0.717) is 11.3 Å². The van der Waals surface area contributed by atoms with Crippen molar-refractivity contribution in [3.8, 4) is 0 Å². The van der Waals surface area contributed by atoms with Crippen LogP contribution in [0.3, 0.4) is 0 Å². The molecule has 19 heavy (non-hydrogen) atoms. The van der Waals surface area contributed by atoms with Crippen LogP contribution in [-0.2, 0) is 0 Å². The number of carboxylic acids is 1. The lowest BCUT2D eigenvalue weighted by Gasteiger charge is -1.98. The number of hydrogen-bond donors (Lipinski definition) is 1. The van der Waals surface area contributed by atoms with Crippen molar-refractivity contribution in [2.24, 2.45) is 0 Å². The second-order valence-corrected chi connectivity index (χ2v) is 4.78. The van der Waals surface area contributed by atoms with Crippen LogP contribution >= 0.6 is 11.3 Å². The van der Waals surface area contributed by atoms with Gasteiger partial charge in [0.05, 0.1) is 10.7 Å². The molecular formula is C15H21NO2S. The Morgan fingerprint density at radius 1 is 1.37 bits per heavy atom. The third kappa shape index (κ3) is 4.48. The van der Waals surface area contributed by atoms with Gasteiger partial charge in [-0.1, -0.05) is 59.1 Å². The highest BCUT2D eigenvalue weighted by atomic mass is 32.1. The number of aromatic nitrogens is 1. The summed E-state index contributed by atoms with van der Waals surface area (Å²) in [7, 11) is 0. The molecule has 0 aliphatic carbocycles. The lowest BCUT2D eigenvalue weighted by atomic mass is 10.1. The first-order valence-electron chi connectivity index (χ1n) is 6.20. The first-order chi connectivity index (χ1) is 9.01. The number of allylic oxidation sites excluding steroid dienone is 4. The Balaban J connectivity index is 0.00000154. The molecule has 0 bridgehead atoms. The fourth-order valence-corrected chi connectivity index (χ4v) is 2.22. The zero-order valence-corrected chi connectivity index (χ0v) is 12.8. The lowest BCUT2D eigenvalue weighted by molar-refractivity contribution is 0.0701. The number of rotatable bonds is 5. The molecule has 0 fully saturated rings.